The molecule has 2 rings (SSSR count). The number of hydrogen-bond acceptors (Lipinski definition) is 5. The summed E-state index contributed by atoms with van der Waals surface area (Å²) in [6, 6.07) is 5.81. The molecular formula is C14H19N3O2. The van der Waals surface area contributed by atoms with E-state index in [-0.39, 0.29) is 0 Å². The summed E-state index contributed by atoms with van der Waals surface area (Å²) in [5.41, 5.74) is 7.70. The van der Waals surface area contributed by atoms with E-state index in [4.69, 9.17) is 10.5 Å². The number of nitrogens with one attached hydrogen (secondary N) is 1. The normalized spacial score (nSPS) is 12.5. The van der Waals surface area contributed by atoms with Crippen LogP contribution in [0.5, 0.6) is 0 Å². The first-order valence-electron chi connectivity index (χ1n) is 6.25. The number of aliphatic hydroxyl groups excluding tert-OH is 1. The van der Waals surface area contributed by atoms with Crippen LogP contribution in [-0.4, -0.2) is 36.5 Å². The molecule has 0 bridgehead atoms. The first-order valence-corrected chi connectivity index (χ1v) is 6.25. The lowest BCUT2D eigenvalue weighted by Crippen LogP contribution is -2.18. The van der Waals surface area contributed by atoms with Crippen molar-refractivity contribution in [2.24, 2.45) is 0 Å². The van der Waals surface area contributed by atoms with E-state index in [0.29, 0.717) is 25.3 Å². The summed E-state index contributed by atoms with van der Waals surface area (Å²) in [7, 11) is 1.58. The van der Waals surface area contributed by atoms with Gasteiger partial charge in [-0.3, -0.25) is 4.98 Å². The van der Waals surface area contributed by atoms with Crippen molar-refractivity contribution in [3.8, 4) is 0 Å². The molecule has 0 amide bonds. The minimum atomic E-state index is -0.455. The van der Waals surface area contributed by atoms with E-state index in [1.165, 1.54) is 0 Å². The lowest BCUT2D eigenvalue weighted by Gasteiger charge is -2.13. The predicted octanol–water partition coefficient (Wildman–Crippen LogP) is 1.63. The molecule has 0 radical (unpaired) electrons. The average Bonchev–Trinajstić information content (AvgIpc) is 2.42. The second-order valence-corrected chi connectivity index (χ2v) is 4.45. The Labute approximate surface area is 112 Å². The van der Waals surface area contributed by atoms with Gasteiger partial charge in [-0.2, -0.15) is 0 Å². The first-order chi connectivity index (χ1) is 9.22. The number of ether oxygens (including phenoxy) is 1. The zero-order valence-corrected chi connectivity index (χ0v) is 11.0. The Kier molecular flexibility index (Phi) is 4.54. The number of benzene rings is 1. The highest BCUT2D eigenvalue weighted by Gasteiger charge is 2.06. The van der Waals surface area contributed by atoms with Crippen LogP contribution in [-0.2, 0) is 4.74 Å². The van der Waals surface area contributed by atoms with E-state index in [0.717, 1.165) is 16.5 Å². The van der Waals surface area contributed by atoms with Gasteiger partial charge >= 0.3 is 0 Å². The van der Waals surface area contributed by atoms with E-state index >= 15 is 0 Å². The van der Waals surface area contributed by atoms with Crippen molar-refractivity contribution in [3.05, 3.63) is 30.6 Å². The van der Waals surface area contributed by atoms with Crippen molar-refractivity contribution >= 4 is 22.1 Å². The van der Waals surface area contributed by atoms with Crippen molar-refractivity contribution < 1.29 is 9.84 Å². The fourth-order valence-corrected chi connectivity index (χ4v) is 2.00. The molecule has 5 nitrogen and oxygen atoms in total. The molecule has 0 aliphatic heterocycles. The number of aliphatic hydroxyl groups is 1. The predicted molar refractivity (Wildman–Crippen MR) is 77.1 cm³/mol. The second kappa shape index (κ2) is 6.36. The molecule has 0 aliphatic rings. The average molecular weight is 261 g/mol. The van der Waals surface area contributed by atoms with Crippen LogP contribution in [0, 0.1) is 0 Å². The van der Waals surface area contributed by atoms with Crippen LogP contribution in [0.15, 0.2) is 30.6 Å². The van der Waals surface area contributed by atoms with Gasteiger partial charge in [0.1, 0.15) is 0 Å². The third-order valence-electron chi connectivity index (χ3n) is 3.01. The number of aromatic nitrogens is 1. The van der Waals surface area contributed by atoms with Crippen molar-refractivity contribution in [3.63, 3.8) is 0 Å². The first kappa shape index (κ1) is 13.6. The number of pyridine rings is 1. The van der Waals surface area contributed by atoms with Gasteiger partial charge in [-0.05, 0) is 18.6 Å². The summed E-state index contributed by atoms with van der Waals surface area (Å²) >= 11 is 0. The van der Waals surface area contributed by atoms with E-state index in [9.17, 15) is 5.11 Å². The summed E-state index contributed by atoms with van der Waals surface area (Å²) in [5, 5.41) is 14.8. The van der Waals surface area contributed by atoms with Gasteiger partial charge in [0.25, 0.3) is 0 Å². The fourth-order valence-electron chi connectivity index (χ4n) is 2.00. The van der Waals surface area contributed by atoms with Crippen LogP contribution >= 0.6 is 0 Å². The molecule has 19 heavy (non-hydrogen) atoms. The number of hydrogen-bond donors (Lipinski definition) is 3. The van der Waals surface area contributed by atoms with Gasteiger partial charge in [-0.1, -0.05) is 6.07 Å². The lowest BCUT2D eigenvalue weighted by molar-refractivity contribution is 0.0615. The smallest absolute Gasteiger partial charge is 0.0790 e. The SMILES string of the molecule is COCC(O)CCNc1ccc2cnccc2c1N. The monoisotopic (exact) mass is 261 g/mol. The van der Waals surface area contributed by atoms with Crippen LogP contribution in [0.1, 0.15) is 6.42 Å². The van der Waals surface area contributed by atoms with Crippen LogP contribution < -0.4 is 11.1 Å². The summed E-state index contributed by atoms with van der Waals surface area (Å²) in [6.45, 7) is 0.992. The van der Waals surface area contributed by atoms with Gasteiger partial charge in [-0.15, -0.1) is 0 Å². The second-order valence-electron chi connectivity index (χ2n) is 4.45. The summed E-state index contributed by atoms with van der Waals surface area (Å²) < 4.78 is 4.88. The Morgan fingerprint density at radius 2 is 2.26 bits per heavy atom. The maximum Gasteiger partial charge on any atom is 0.0790 e. The highest BCUT2D eigenvalue weighted by Crippen LogP contribution is 2.27. The largest absolute Gasteiger partial charge is 0.397 e. The number of rotatable bonds is 6. The van der Waals surface area contributed by atoms with Crippen molar-refractivity contribution in [1.82, 2.24) is 4.98 Å². The molecule has 1 unspecified atom stereocenters. The molecule has 1 aromatic heterocycles. The third-order valence-corrected chi connectivity index (χ3v) is 3.01. The molecule has 0 spiro atoms. The van der Waals surface area contributed by atoms with Crippen molar-refractivity contribution in [2.45, 2.75) is 12.5 Å². The maximum atomic E-state index is 9.56. The molecule has 0 aliphatic carbocycles. The van der Waals surface area contributed by atoms with Crippen molar-refractivity contribution in [1.29, 1.82) is 0 Å². The van der Waals surface area contributed by atoms with Gasteiger partial charge in [-0.25, -0.2) is 0 Å². The molecule has 2 aromatic rings. The van der Waals surface area contributed by atoms with E-state index in [2.05, 4.69) is 10.3 Å². The Bertz CT molecular complexity index is 545. The topological polar surface area (TPSA) is 80.4 Å². The molecule has 1 atom stereocenters. The summed E-state index contributed by atoms with van der Waals surface area (Å²) in [4.78, 5) is 4.07. The highest BCUT2D eigenvalue weighted by molar-refractivity contribution is 5.98. The summed E-state index contributed by atoms with van der Waals surface area (Å²) in [6.07, 6.45) is 3.67. The fraction of sp³-hybridized carbons (Fsp3) is 0.357. The molecule has 4 N–H and O–H groups in total. The standard InChI is InChI=1S/C14H19N3O2/c1-19-9-11(18)4-7-17-13-3-2-10-8-16-6-5-12(10)14(13)15/h2-3,5-6,8,11,17-18H,4,7,9,15H2,1H3. The maximum absolute atomic E-state index is 9.56. The van der Waals surface area contributed by atoms with Gasteiger partial charge < -0.3 is 20.9 Å². The minimum absolute atomic E-state index is 0.348. The van der Waals surface area contributed by atoms with E-state index < -0.39 is 6.10 Å². The molecular weight excluding hydrogens is 242 g/mol. The number of nitrogen functional groups attached to an aromatic ring is 1. The molecule has 1 aromatic carbocycles. The van der Waals surface area contributed by atoms with Gasteiger partial charge in [0.15, 0.2) is 0 Å². The number of nitrogens with zero attached hydrogens (tertiary/aromatic N) is 1. The number of nitrogens with two attached hydrogens (primary N) is 1. The van der Waals surface area contributed by atoms with Gasteiger partial charge in [0.05, 0.1) is 24.1 Å². The van der Waals surface area contributed by atoms with Crippen molar-refractivity contribution in [2.75, 3.05) is 31.3 Å². The molecule has 0 saturated heterocycles. The van der Waals surface area contributed by atoms with Crippen LogP contribution in [0.2, 0.25) is 0 Å². The lowest BCUT2D eigenvalue weighted by atomic mass is 10.1. The molecule has 1 heterocycles. The van der Waals surface area contributed by atoms with Gasteiger partial charge in [0.2, 0.25) is 0 Å². The number of anilines is 2. The van der Waals surface area contributed by atoms with Crippen LogP contribution in [0.3, 0.4) is 0 Å². The zero-order chi connectivity index (χ0) is 13.7. The van der Waals surface area contributed by atoms with Gasteiger partial charge in [0, 0.05) is 36.8 Å². The molecule has 5 heteroatoms. The number of fused-ring (bicyclic) bond motifs is 1. The third kappa shape index (κ3) is 3.33. The Hall–Kier alpha value is -1.85. The Morgan fingerprint density at radius 3 is 3.05 bits per heavy atom. The Morgan fingerprint density at radius 1 is 1.42 bits per heavy atom. The zero-order valence-electron chi connectivity index (χ0n) is 11.0. The molecule has 0 fully saturated rings. The van der Waals surface area contributed by atoms with Crippen LogP contribution in [0.4, 0.5) is 11.4 Å². The van der Waals surface area contributed by atoms with Crippen LogP contribution in [0.25, 0.3) is 10.8 Å². The minimum Gasteiger partial charge on any atom is -0.397 e. The Balaban J connectivity index is 2.03. The number of methoxy groups -OCH3 is 1. The summed E-state index contributed by atoms with van der Waals surface area (Å²) in [5.74, 6) is 0. The van der Waals surface area contributed by atoms with E-state index in [1.54, 1.807) is 19.5 Å². The molecule has 0 saturated carbocycles. The highest BCUT2D eigenvalue weighted by atomic mass is 16.5. The quantitative estimate of drug-likeness (QED) is 0.689. The molecule has 102 valence electrons. The van der Waals surface area contributed by atoms with E-state index in [1.807, 2.05) is 18.2 Å².